The lowest BCUT2D eigenvalue weighted by atomic mass is 10.2. The molecule has 5 heteroatoms. The van der Waals surface area contributed by atoms with Gasteiger partial charge < -0.3 is 5.73 Å². The van der Waals surface area contributed by atoms with Gasteiger partial charge in [-0.2, -0.15) is 0 Å². The Kier molecular flexibility index (Phi) is 5.51. The van der Waals surface area contributed by atoms with Crippen molar-refractivity contribution in [1.82, 2.24) is 4.72 Å². The highest BCUT2D eigenvalue weighted by Crippen LogP contribution is 2.01. The first-order valence-corrected chi connectivity index (χ1v) is 6.19. The van der Waals surface area contributed by atoms with E-state index < -0.39 is 15.3 Å². The third kappa shape index (κ3) is 4.59. The average molecular weight is 208 g/mol. The van der Waals surface area contributed by atoms with Gasteiger partial charge in [0.1, 0.15) is 0 Å². The van der Waals surface area contributed by atoms with Gasteiger partial charge in [-0.05, 0) is 20.3 Å². The summed E-state index contributed by atoms with van der Waals surface area (Å²) >= 11 is 0. The van der Waals surface area contributed by atoms with Crippen LogP contribution in [0, 0.1) is 0 Å². The van der Waals surface area contributed by atoms with Gasteiger partial charge in [-0.3, -0.25) is 0 Å². The number of hydrogen-bond donors (Lipinski definition) is 2. The van der Waals surface area contributed by atoms with Crippen LogP contribution in [0.5, 0.6) is 0 Å². The van der Waals surface area contributed by atoms with Gasteiger partial charge >= 0.3 is 0 Å². The van der Waals surface area contributed by atoms with Gasteiger partial charge in [0, 0.05) is 12.6 Å². The highest BCUT2D eigenvalue weighted by atomic mass is 32.2. The SMILES string of the molecule is CCCC(C)NS(=O)(=O)C(C)CN. The lowest BCUT2D eigenvalue weighted by molar-refractivity contribution is 0.534. The Bertz CT molecular complexity index is 226. The molecule has 3 N–H and O–H groups in total. The van der Waals surface area contributed by atoms with Crippen LogP contribution in [-0.4, -0.2) is 26.3 Å². The largest absolute Gasteiger partial charge is 0.329 e. The fraction of sp³-hybridized carbons (Fsp3) is 1.00. The maximum atomic E-state index is 11.5. The Hall–Kier alpha value is -0.130. The first-order chi connectivity index (χ1) is 5.94. The molecule has 80 valence electrons. The average Bonchev–Trinajstić information content (AvgIpc) is 2.02. The summed E-state index contributed by atoms with van der Waals surface area (Å²) in [6.07, 6.45) is 1.83. The van der Waals surface area contributed by atoms with Crippen LogP contribution >= 0.6 is 0 Å². The van der Waals surface area contributed by atoms with Crippen LogP contribution < -0.4 is 10.5 Å². The van der Waals surface area contributed by atoms with E-state index in [0.717, 1.165) is 12.8 Å². The van der Waals surface area contributed by atoms with E-state index in [2.05, 4.69) is 4.72 Å². The van der Waals surface area contributed by atoms with E-state index in [1.807, 2.05) is 13.8 Å². The second-order valence-corrected chi connectivity index (χ2v) is 5.53. The molecule has 0 aromatic carbocycles. The van der Waals surface area contributed by atoms with Crippen LogP contribution in [0.25, 0.3) is 0 Å². The molecule has 0 radical (unpaired) electrons. The van der Waals surface area contributed by atoms with Gasteiger partial charge in [0.2, 0.25) is 10.0 Å². The molecule has 0 heterocycles. The highest BCUT2D eigenvalue weighted by Gasteiger charge is 2.20. The van der Waals surface area contributed by atoms with E-state index in [9.17, 15) is 8.42 Å². The van der Waals surface area contributed by atoms with E-state index in [0.29, 0.717) is 0 Å². The van der Waals surface area contributed by atoms with Gasteiger partial charge in [-0.15, -0.1) is 0 Å². The molecule has 2 unspecified atom stereocenters. The van der Waals surface area contributed by atoms with Crippen LogP contribution in [0.2, 0.25) is 0 Å². The normalized spacial score (nSPS) is 16.9. The Balaban J connectivity index is 4.17. The molecule has 0 aliphatic rings. The molecule has 0 spiro atoms. The van der Waals surface area contributed by atoms with Crippen molar-refractivity contribution < 1.29 is 8.42 Å². The predicted molar refractivity (Wildman–Crippen MR) is 54.9 cm³/mol. The first-order valence-electron chi connectivity index (χ1n) is 4.65. The molecule has 0 aromatic rings. The van der Waals surface area contributed by atoms with Crippen LogP contribution in [-0.2, 0) is 10.0 Å². The Morgan fingerprint density at radius 3 is 2.31 bits per heavy atom. The number of rotatable bonds is 6. The van der Waals surface area contributed by atoms with E-state index in [-0.39, 0.29) is 12.6 Å². The Morgan fingerprint density at radius 1 is 1.38 bits per heavy atom. The molecular weight excluding hydrogens is 188 g/mol. The Labute approximate surface area is 80.9 Å². The second kappa shape index (κ2) is 5.57. The number of hydrogen-bond acceptors (Lipinski definition) is 3. The third-order valence-corrected chi connectivity index (χ3v) is 3.93. The van der Waals surface area contributed by atoms with Crippen LogP contribution in [0.3, 0.4) is 0 Å². The molecule has 2 atom stereocenters. The van der Waals surface area contributed by atoms with Gasteiger partial charge in [0.25, 0.3) is 0 Å². The monoisotopic (exact) mass is 208 g/mol. The molecule has 0 rings (SSSR count). The van der Waals surface area contributed by atoms with Crippen molar-refractivity contribution >= 4 is 10.0 Å². The molecule has 4 nitrogen and oxygen atoms in total. The summed E-state index contributed by atoms with van der Waals surface area (Å²) in [6, 6.07) is 0.00370. The summed E-state index contributed by atoms with van der Waals surface area (Å²) in [4.78, 5) is 0. The molecule has 0 saturated heterocycles. The van der Waals surface area contributed by atoms with E-state index in [1.165, 1.54) is 0 Å². The lowest BCUT2D eigenvalue weighted by Gasteiger charge is -2.16. The molecular formula is C8H20N2O2S. The molecule has 0 aliphatic carbocycles. The maximum Gasteiger partial charge on any atom is 0.215 e. The van der Waals surface area contributed by atoms with E-state index in [1.54, 1.807) is 6.92 Å². The van der Waals surface area contributed by atoms with Crippen molar-refractivity contribution in [2.75, 3.05) is 6.54 Å². The topological polar surface area (TPSA) is 72.2 Å². The van der Waals surface area contributed by atoms with Crippen molar-refractivity contribution in [2.24, 2.45) is 5.73 Å². The van der Waals surface area contributed by atoms with Gasteiger partial charge in [-0.1, -0.05) is 13.3 Å². The smallest absolute Gasteiger partial charge is 0.215 e. The summed E-state index contributed by atoms with van der Waals surface area (Å²) in [5.74, 6) is 0. The second-order valence-electron chi connectivity index (χ2n) is 3.40. The predicted octanol–water partition coefficient (Wildman–Crippen LogP) is 0.442. The zero-order chi connectivity index (χ0) is 10.5. The zero-order valence-electron chi connectivity index (χ0n) is 8.58. The molecule has 0 aromatic heterocycles. The van der Waals surface area contributed by atoms with Crippen molar-refractivity contribution in [3.05, 3.63) is 0 Å². The Morgan fingerprint density at radius 2 is 1.92 bits per heavy atom. The quantitative estimate of drug-likeness (QED) is 0.665. The molecule has 0 amide bonds. The highest BCUT2D eigenvalue weighted by molar-refractivity contribution is 7.90. The standard InChI is InChI=1S/C8H20N2O2S/c1-4-5-7(2)10-13(11,12)8(3)6-9/h7-8,10H,4-6,9H2,1-3H3. The fourth-order valence-electron chi connectivity index (χ4n) is 1.02. The summed E-state index contributed by atoms with van der Waals surface area (Å²) in [7, 11) is -3.21. The fourth-order valence-corrected chi connectivity index (χ4v) is 2.18. The summed E-state index contributed by atoms with van der Waals surface area (Å²) in [5, 5.41) is -0.508. The van der Waals surface area contributed by atoms with Crippen molar-refractivity contribution in [1.29, 1.82) is 0 Å². The van der Waals surface area contributed by atoms with E-state index >= 15 is 0 Å². The lowest BCUT2D eigenvalue weighted by Crippen LogP contribution is -2.41. The molecule has 0 bridgehead atoms. The van der Waals surface area contributed by atoms with Crippen LogP contribution in [0.4, 0.5) is 0 Å². The minimum absolute atomic E-state index is 0.00370. The molecule has 0 aliphatic heterocycles. The first kappa shape index (κ1) is 12.9. The van der Waals surface area contributed by atoms with Crippen LogP contribution in [0.15, 0.2) is 0 Å². The van der Waals surface area contributed by atoms with Crippen molar-refractivity contribution in [3.63, 3.8) is 0 Å². The maximum absolute atomic E-state index is 11.5. The molecule has 0 fully saturated rings. The van der Waals surface area contributed by atoms with Gasteiger partial charge in [0.05, 0.1) is 5.25 Å². The number of sulfonamides is 1. The van der Waals surface area contributed by atoms with Crippen molar-refractivity contribution in [2.45, 2.75) is 44.9 Å². The third-order valence-electron chi connectivity index (χ3n) is 1.95. The zero-order valence-corrected chi connectivity index (χ0v) is 9.39. The summed E-state index contributed by atoms with van der Waals surface area (Å²) in [6.45, 7) is 5.66. The van der Waals surface area contributed by atoms with Crippen LogP contribution in [0.1, 0.15) is 33.6 Å². The minimum Gasteiger partial charge on any atom is -0.329 e. The summed E-state index contributed by atoms with van der Waals surface area (Å²) in [5.41, 5.74) is 5.29. The number of nitrogens with two attached hydrogens (primary N) is 1. The number of nitrogens with one attached hydrogen (secondary N) is 1. The van der Waals surface area contributed by atoms with Gasteiger partial charge in [0.15, 0.2) is 0 Å². The van der Waals surface area contributed by atoms with Gasteiger partial charge in [-0.25, -0.2) is 13.1 Å². The minimum atomic E-state index is -3.21. The summed E-state index contributed by atoms with van der Waals surface area (Å²) < 4.78 is 25.5. The van der Waals surface area contributed by atoms with Crippen molar-refractivity contribution in [3.8, 4) is 0 Å². The molecule has 13 heavy (non-hydrogen) atoms. The molecule has 0 saturated carbocycles. The van der Waals surface area contributed by atoms with E-state index in [4.69, 9.17) is 5.73 Å².